The molecule has 5 atom stereocenters. The topological polar surface area (TPSA) is 212 Å². The van der Waals surface area contributed by atoms with Crippen molar-refractivity contribution < 1.29 is 53.6 Å². The van der Waals surface area contributed by atoms with Crippen LogP contribution in [0.2, 0.25) is 0 Å². The number of ketones is 2. The normalized spacial score (nSPS) is 15.5. The van der Waals surface area contributed by atoms with Gasteiger partial charge in [0.05, 0.1) is 12.2 Å². The Kier molecular flexibility index (Phi) is 19.5. The smallest absolute Gasteiger partial charge is 0.254 e. The maximum absolute atomic E-state index is 13.3. The Hall–Kier alpha value is -6.98. The summed E-state index contributed by atoms with van der Waals surface area (Å²) in [6.45, 7) is 5.46. The van der Waals surface area contributed by atoms with Gasteiger partial charge in [-0.15, -0.1) is 0 Å². The van der Waals surface area contributed by atoms with Crippen LogP contribution in [0.25, 0.3) is 0 Å². The monoisotopic (exact) mass is 928 g/mol. The quantitative estimate of drug-likeness (QED) is 0.0898. The van der Waals surface area contributed by atoms with Crippen LogP contribution in [0, 0.1) is 23.7 Å². The van der Waals surface area contributed by atoms with Crippen molar-refractivity contribution in [3.8, 4) is 23.7 Å². The number of Topliss-reactive ketones (excluding diaryl/α,β-unsaturated/α-hetero) is 2. The number of ether oxygens (including phenoxy) is 2. The minimum Gasteiger partial charge on any atom is -0.389 e. The first-order valence-electron chi connectivity index (χ1n) is 22.0. The SMILES string of the molecule is CNC(=O)[C@@](C)(C(=O)CO)N(C)C(=O)c1ccc(C#Cc2ccc([C@@H](C)O)cc2)cc1.CNC(=O)[C@@](C)(C(=O)COC1CCCCO1)N(C)C(=O)c1ccc(C#Cc2ccc([C@@H](C)O)cc2)cc1. The average Bonchev–Trinajstić information content (AvgIpc) is 3.37. The Morgan fingerprint density at radius 1 is 0.632 bits per heavy atom. The van der Waals surface area contributed by atoms with Crippen LogP contribution in [-0.4, -0.2) is 126 Å². The summed E-state index contributed by atoms with van der Waals surface area (Å²) in [5.41, 5.74) is 1.56. The summed E-state index contributed by atoms with van der Waals surface area (Å²) in [6.07, 6.45) is 1.01. The molecule has 4 amide bonds. The van der Waals surface area contributed by atoms with Crippen LogP contribution in [0.5, 0.6) is 0 Å². The average molecular weight is 929 g/mol. The van der Waals surface area contributed by atoms with E-state index in [0.29, 0.717) is 29.7 Å². The van der Waals surface area contributed by atoms with E-state index in [0.717, 1.165) is 44.9 Å². The number of hydrogen-bond donors (Lipinski definition) is 5. The number of aliphatic hydroxyl groups is 3. The van der Waals surface area contributed by atoms with Crippen molar-refractivity contribution in [1.82, 2.24) is 20.4 Å². The van der Waals surface area contributed by atoms with Gasteiger partial charge in [-0.25, -0.2) is 0 Å². The molecule has 1 unspecified atom stereocenters. The van der Waals surface area contributed by atoms with Gasteiger partial charge in [-0.1, -0.05) is 47.9 Å². The molecule has 358 valence electrons. The molecular weight excluding hydrogens is 869 g/mol. The lowest BCUT2D eigenvalue weighted by atomic mass is 9.92. The van der Waals surface area contributed by atoms with Crippen LogP contribution in [0.1, 0.15) is 113 Å². The molecule has 0 spiro atoms. The van der Waals surface area contributed by atoms with Crippen LogP contribution in [0.3, 0.4) is 0 Å². The largest absolute Gasteiger partial charge is 0.389 e. The predicted molar refractivity (Wildman–Crippen MR) is 255 cm³/mol. The van der Waals surface area contributed by atoms with E-state index in [9.17, 15) is 44.1 Å². The highest BCUT2D eigenvalue weighted by molar-refractivity contribution is 6.15. The first-order chi connectivity index (χ1) is 32.3. The number of carbonyl (C=O) groups excluding carboxylic acids is 6. The van der Waals surface area contributed by atoms with Gasteiger partial charge in [-0.3, -0.25) is 28.8 Å². The minimum atomic E-state index is -1.84. The number of hydrogen-bond acceptors (Lipinski definition) is 11. The summed E-state index contributed by atoms with van der Waals surface area (Å²) in [7, 11) is 5.55. The van der Waals surface area contributed by atoms with Gasteiger partial charge in [0.15, 0.2) is 28.9 Å². The molecule has 1 fully saturated rings. The molecule has 1 aliphatic rings. The third-order valence-electron chi connectivity index (χ3n) is 11.8. The van der Waals surface area contributed by atoms with Crippen LogP contribution in [0.4, 0.5) is 0 Å². The number of rotatable bonds is 14. The summed E-state index contributed by atoms with van der Waals surface area (Å²) >= 11 is 0. The fraction of sp³-hybridized carbons (Fsp3) is 0.358. The Labute approximate surface area is 397 Å². The van der Waals surface area contributed by atoms with Gasteiger partial charge in [0.2, 0.25) is 0 Å². The van der Waals surface area contributed by atoms with Gasteiger partial charge in [0, 0.05) is 68.2 Å². The first kappa shape index (κ1) is 53.6. The zero-order valence-corrected chi connectivity index (χ0v) is 39.7. The van der Waals surface area contributed by atoms with Crippen LogP contribution >= 0.6 is 0 Å². The highest BCUT2D eigenvalue weighted by Crippen LogP contribution is 2.23. The third kappa shape index (κ3) is 13.3. The molecule has 15 heteroatoms. The number of nitrogens with one attached hydrogen (secondary N) is 2. The van der Waals surface area contributed by atoms with Crippen molar-refractivity contribution in [2.45, 2.75) is 76.5 Å². The van der Waals surface area contributed by atoms with Gasteiger partial charge in [-0.05, 0) is 131 Å². The molecule has 0 radical (unpaired) electrons. The number of amides is 4. The molecular formula is C53H60N4O11. The van der Waals surface area contributed by atoms with Crippen molar-refractivity contribution in [2.24, 2.45) is 0 Å². The molecule has 1 aliphatic heterocycles. The standard InChI is InChI=1S/C29H34N2O6.C24H26N2O5/c1-20(32)23-14-10-21(11-15-23)8-9-22-12-16-24(17-13-22)27(34)31(4)29(2,28(35)30-3)25(33)19-37-26-7-5-6-18-36-26;1-16(28)19-11-7-17(8-12-19)5-6-18-9-13-20(14-10-18)22(30)26(4)24(2,21(29)15-27)23(31)25-3/h10-17,20,26,32H,5-7,18-19H2,1-4H3,(H,30,35);7-14,16,27-28H,15H2,1-4H3,(H,25,31)/t20-,26?,29-;16-,24-/m11/s1. The second kappa shape index (κ2) is 24.7. The molecule has 1 heterocycles. The van der Waals surface area contributed by atoms with Crippen molar-refractivity contribution in [1.29, 1.82) is 0 Å². The number of likely N-dealkylation sites (N-methyl/N-ethyl adjacent to an activating group) is 4. The highest BCUT2D eigenvalue weighted by atomic mass is 16.7. The van der Waals surface area contributed by atoms with Crippen LogP contribution < -0.4 is 10.6 Å². The maximum Gasteiger partial charge on any atom is 0.254 e. The minimum absolute atomic E-state index is 0.273. The Morgan fingerprint density at radius 3 is 1.29 bits per heavy atom. The van der Waals surface area contributed by atoms with Crippen molar-refractivity contribution >= 4 is 35.2 Å². The number of aliphatic hydroxyl groups excluding tert-OH is 3. The lowest BCUT2D eigenvalue weighted by Crippen LogP contribution is -2.62. The molecule has 5 N–H and O–H groups in total. The van der Waals surface area contributed by atoms with E-state index in [4.69, 9.17) is 9.47 Å². The number of carbonyl (C=O) groups is 6. The van der Waals surface area contributed by atoms with E-state index in [1.165, 1.54) is 42.0 Å². The number of nitrogens with zero attached hydrogens (tertiary/aromatic N) is 2. The zero-order valence-electron chi connectivity index (χ0n) is 39.7. The molecule has 0 aliphatic carbocycles. The summed E-state index contributed by atoms with van der Waals surface area (Å²) < 4.78 is 11.1. The van der Waals surface area contributed by atoms with Crippen LogP contribution in [-0.2, 0) is 28.7 Å². The van der Waals surface area contributed by atoms with Gasteiger partial charge >= 0.3 is 0 Å². The first-order valence-corrected chi connectivity index (χ1v) is 22.0. The van der Waals surface area contributed by atoms with E-state index in [2.05, 4.69) is 34.3 Å². The fourth-order valence-corrected chi connectivity index (χ4v) is 6.89. The van der Waals surface area contributed by atoms with E-state index in [1.807, 2.05) is 48.5 Å². The van der Waals surface area contributed by atoms with Crippen molar-refractivity contribution in [3.63, 3.8) is 0 Å². The molecule has 15 nitrogen and oxygen atoms in total. The molecule has 0 bridgehead atoms. The third-order valence-corrected chi connectivity index (χ3v) is 11.8. The molecule has 0 saturated carbocycles. The molecule has 68 heavy (non-hydrogen) atoms. The van der Waals surface area contributed by atoms with Gasteiger partial charge in [0.1, 0.15) is 13.2 Å². The van der Waals surface area contributed by atoms with Gasteiger partial charge in [-0.2, -0.15) is 0 Å². The summed E-state index contributed by atoms with van der Waals surface area (Å²) in [4.78, 5) is 78.7. The van der Waals surface area contributed by atoms with E-state index in [-0.39, 0.29) is 12.2 Å². The summed E-state index contributed by atoms with van der Waals surface area (Å²) in [6, 6.07) is 27.7. The molecule has 5 rings (SSSR count). The zero-order chi connectivity index (χ0) is 50.2. The number of benzene rings is 4. The molecule has 1 saturated heterocycles. The molecule has 4 aromatic rings. The van der Waals surface area contributed by atoms with Crippen LogP contribution in [0.15, 0.2) is 97.1 Å². The fourth-order valence-electron chi connectivity index (χ4n) is 6.89. The maximum atomic E-state index is 13.3. The lowest BCUT2D eigenvalue weighted by molar-refractivity contribution is -0.174. The second-order valence-electron chi connectivity index (χ2n) is 16.4. The Morgan fingerprint density at radius 2 is 0.985 bits per heavy atom. The Bertz CT molecular complexity index is 2510. The molecule has 0 aromatic heterocycles. The van der Waals surface area contributed by atoms with Crippen molar-refractivity contribution in [2.75, 3.05) is 48.0 Å². The summed E-state index contributed by atoms with van der Waals surface area (Å²) in [5.74, 6) is 8.47. The van der Waals surface area contributed by atoms with Crippen molar-refractivity contribution in [3.05, 3.63) is 142 Å². The summed E-state index contributed by atoms with van der Waals surface area (Å²) in [5, 5.41) is 33.3. The van der Waals surface area contributed by atoms with Gasteiger partial charge in [0.25, 0.3) is 23.6 Å². The Balaban J connectivity index is 0.000000301. The van der Waals surface area contributed by atoms with E-state index in [1.54, 1.807) is 62.4 Å². The molecule has 4 aromatic carbocycles. The second-order valence-corrected chi connectivity index (χ2v) is 16.4. The highest BCUT2D eigenvalue weighted by Gasteiger charge is 2.47. The lowest BCUT2D eigenvalue weighted by Gasteiger charge is -2.36. The predicted octanol–water partition coefficient (Wildman–Crippen LogP) is 4.11. The van der Waals surface area contributed by atoms with E-state index < -0.39 is 71.4 Å². The van der Waals surface area contributed by atoms with E-state index >= 15 is 0 Å². The van der Waals surface area contributed by atoms with Gasteiger partial charge < -0.3 is 45.2 Å².